The molecule has 1 amide bonds. The van der Waals surface area contributed by atoms with Crippen LogP contribution >= 0.6 is 0 Å². The van der Waals surface area contributed by atoms with Crippen molar-refractivity contribution in [1.82, 2.24) is 14.7 Å². The van der Waals surface area contributed by atoms with Crippen molar-refractivity contribution >= 4 is 11.6 Å². The molecule has 0 aliphatic heterocycles. The fourth-order valence-corrected chi connectivity index (χ4v) is 3.47. The molecule has 0 saturated heterocycles. The second-order valence-electron chi connectivity index (χ2n) is 7.50. The Bertz CT molecular complexity index is 1220. The molecule has 7 nitrogen and oxygen atoms in total. The molecular weight excluding hydrogens is 404 g/mol. The monoisotopic (exact) mass is 426 g/mol. The Morgan fingerprint density at radius 1 is 0.969 bits per heavy atom. The van der Waals surface area contributed by atoms with Gasteiger partial charge in [0.1, 0.15) is 0 Å². The third-order valence-corrected chi connectivity index (χ3v) is 5.19. The smallest absolute Gasteiger partial charge is 0.269 e. The first kappa shape index (κ1) is 21.0. The molecule has 0 bridgehead atoms. The maximum atomic E-state index is 12.8. The molecule has 0 saturated carbocycles. The first-order valence-electron chi connectivity index (χ1n) is 10.2. The molecule has 1 heterocycles. The fraction of sp³-hybridized carbons (Fsp3) is 0.120. The Kier molecular flexibility index (Phi) is 6.07. The molecule has 0 N–H and O–H groups in total. The van der Waals surface area contributed by atoms with Crippen LogP contribution in [0.15, 0.2) is 91.1 Å². The Labute approximate surface area is 185 Å². The number of aromatic nitrogens is 2. The summed E-state index contributed by atoms with van der Waals surface area (Å²) >= 11 is 0. The topological polar surface area (TPSA) is 81.3 Å². The molecule has 0 aliphatic carbocycles. The number of nitro benzene ring substituents is 1. The van der Waals surface area contributed by atoms with Gasteiger partial charge in [0, 0.05) is 43.0 Å². The molecule has 7 heteroatoms. The van der Waals surface area contributed by atoms with E-state index in [9.17, 15) is 14.9 Å². The van der Waals surface area contributed by atoms with Gasteiger partial charge in [-0.3, -0.25) is 14.9 Å². The van der Waals surface area contributed by atoms with E-state index in [1.165, 1.54) is 12.1 Å². The number of hydrogen-bond donors (Lipinski definition) is 0. The Hall–Kier alpha value is -4.26. The normalized spacial score (nSPS) is 10.7. The van der Waals surface area contributed by atoms with Crippen molar-refractivity contribution in [3.05, 3.63) is 112 Å². The van der Waals surface area contributed by atoms with Gasteiger partial charge in [0.2, 0.25) is 5.91 Å². The number of benzene rings is 3. The third-order valence-electron chi connectivity index (χ3n) is 5.19. The zero-order valence-electron chi connectivity index (χ0n) is 17.6. The fourth-order valence-electron chi connectivity index (χ4n) is 3.47. The van der Waals surface area contributed by atoms with Gasteiger partial charge < -0.3 is 4.90 Å². The lowest BCUT2D eigenvalue weighted by molar-refractivity contribution is -0.384. The number of nitrogens with zero attached hydrogens (tertiary/aromatic N) is 4. The number of likely N-dealkylation sites (N-methyl/N-ethyl adjacent to an activating group) is 1. The summed E-state index contributed by atoms with van der Waals surface area (Å²) < 4.78 is 1.83. The van der Waals surface area contributed by atoms with Crippen molar-refractivity contribution in [3.63, 3.8) is 0 Å². The summed E-state index contributed by atoms with van der Waals surface area (Å²) in [5.41, 5.74) is 4.42. The Morgan fingerprint density at radius 2 is 1.59 bits per heavy atom. The minimum Gasteiger partial charge on any atom is -0.341 e. The average molecular weight is 426 g/mol. The first-order valence-corrected chi connectivity index (χ1v) is 10.2. The van der Waals surface area contributed by atoms with Crippen LogP contribution in [0.1, 0.15) is 11.1 Å². The molecule has 3 aromatic carbocycles. The second kappa shape index (κ2) is 9.26. The van der Waals surface area contributed by atoms with Gasteiger partial charge in [0.15, 0.2) is 0 Å². The molecule has 0 fully saturated rings. The van der Waals surface area contributed by atoms with Gasteiger partial charge in [-0.25, -0.2) is 4.68 Å². The molecule has 0 unspecified atom stereocenters. The van der Waals surface area contributed by atoms with Crippen LogP contribution in [0.2, 0.25) is 0 Å². The molecule has 160 valence electrons. The summed E-state index contributed by atoms with van der Waals surface area (Å²) in [6.45, 7) is 0.392. The van der Waals surface area contributed by atoms with Gasteiger partial charge in [-0.1, -0.05) is 60.7 Å². The van der Waals surface area contributed by atoms with Gasteiger partial charge in [0.05, 0.1) is 22.7 Å². The summed E-state index contributed by atoms with van der Waals surface area (Å²) in [6.07, 6.45) is 2.12. The summed E-state index contributed by atoms with van der Waals surface area (Å²) in [4.78, 5) is 24.8. The number of non-ortho nitro benzene ring substituents is 1. The van der Waals surface area contributed by atoms with Crippen LogP contribution in [-0.2, 0) is 17.8 Å². The van der Waals surface area contributed by atoms with Crippen molar-refractivity contribution < 1.29 is 9.72 Å². The van der Waals surface area contributed by atoms with Crippen LogP contribution in [0.5, 0.6) is 0 Å². The van der Waals surface area contributed by atoms with Crippen LogP contribution < -0.4 is 0 Å². The third kappa shape index (κ3) is 4.73. The average Bonchev–Trinajstić information content (AvgIpc) is 3.24. The molecule has 4 rings (SSSR count). The highest BCUT2D eigenvalue weighted by Crippen LogP contribution is 2.25. The van der Waals surface area contributed by atoms with E-state index in [0.29, 0.717) is 6.54 Å². The molecule has 0 spiro atoms. The maximum absolute atomic E-state index is 12.8. The highest BCUT2D eigenvalue weighted by atomic mass is 16.6. The Morgan fingerprint density at radius 3 is 2.22 bits per heavy atom. The molecular formula is C25H22N4O3. The van der Waals surface area contributed by atoms with Crippen molar-refractivity contribution in [2.24, 2.45) is 0 Å². The van der Waals surface area contributed by atoms with Crippen LogP contribution in [0, 0.1) is 10.1 Å². The highest BCUT2D eigenvalue weighted by Gasteiger charge is 2.17. The van der Waals surface area contributed by atoms with Crippen LogP contribution in [0.3, 0.4) is 0 Å². The van der Waals surface area contributed by atoms with Crippen LogP contribution in [0.25, 0.3) is 16.9 Å². The van der Waals surface area contributed by atoms with E-state index in [1.807, 2.05) is 71.5 Å². The number of hydrogen-bond acceptors (Lipinski definition) is 4. The lowest BCUT2D eigenvalue weighted by Crippen LogP contribution is -2.27. The number of rotatable bonds is 7. The molecule has 32 heavy (non-hydrogen) atoms. The summed E-state index contributed by atoms with van der Waals surface area (Å²) in [5, 5.41) is 15.6. The molecule has 0 aliphatic rings. The van der Waals surface area contributed by atoms with Crippen LogP contribution in [0.4, 0.5) is 5.69 Å². The Balaban J connectivity index is 1.56. The number of para-hydroxylation sites is 1. The summed E-state index contributed by atoms with van der Waals surface area (Å²) in [7, 11) is 1.75. The zero-order chi connectivity index (χ0) is 22.5. The lowest BCUT2D eigenvalue weighted by Gasteiger charge is -2.17. The predicted molar refractivity (Wildman–Crippen MR) is 122 cm³/mol. The molecule has 0 radical (unpaired) electrons. The maximum Gasteiger partial charge on any atom is 0.269 e. The van der Waals surface area contributed by atoms with Gasteiger partial charge in [0.25, 0.3) is 5.69 Å². The van der Waals surface area contributed by atoms with Crippen molar-refractivity contribution in [1.29, 1.82) is 0 Å². The molecule has 1 aromatic heterocycles. The van der Waals surface area contributed by atoms with E-state index >= 15 is 0 Å². The molecule has 0 atom stereocenters. The van der Waals surface area contributed by atoms with E-state index in [0.717, 1.165) is 28.1 Å². The van der Waals surface area contributed by atoms with E-state index in [1.54, 1.807) is 24.1 Å². The number of carbonyl (C=O) groups excluding carboxylic acids is 1. The standard InChI is InChI=1S/C25H22N4O3/c1-27(24(30)16-19-12-14-23(15-13-19)29(31)32)17-21-18-28(22-10-6-3-7-11-22)26-25(21)20-8-4-2-5-9-20/h2-15,18H,16-17H2,1H3. The zero-order valence-corrected chi connectivity index (χ0v) is 17.6. The van der Waals surface area contributed by atoms with Gasteiger partial charge in [-0.15, -0.1) is 0 Å². The van der Waals surface area contributed by atoms with E-state index in [2.05, 4.69) is 0 Å². The quantitative estimate of drug-likeness (QED) is 0.318. The van der Waals surface area contributed by atoms with E-state index in [-0.39, 0.29) is 18.0 Å². The van der Waals surface area contributed by atoms with Gasteiger partial charge in [-0.05, 0) is 17.7 Å². The minimum atomic E-state index is -0.451. The van der Waals surface area contributed by atoms with E-state index < -0.39 is 4.92 Å². The lowest BCUT2D eigenvalue weighted by atomic mass is 10.1. The number of nitro groups is 1. The van der Waals surface area contributed by atoms with Crippen molar-refractivity contribution in [2.75, 3.05) is 7.05 Å². The van der Waals surface area contributed by atoms with Crippen molar-refractivity contribution in [3.8, 4) is 16.9 Å². The second-order valence-corrected chi connectivity index (χ2v) is 7.50. The highest BCUT2D eigenvalue weighted by molar-refractivity contribution is 5.79. The van der Waals surface area contributed by atoms with Crippen LogP contribution in [-0.4, -0.2) is 32.6 Å². The summed E-state index contributed by atoms with van der Waals surface area (Å²) in [6, 6.07) is 25.8. The van der Waals surface area contributed by atoms with Crippen molar-refractivity contribution in [2.45, 2.75) is 13.0 Å². The molecule has 4 aromatic rings. The van der Waals surface area contributed by atoms with E-state index in [4.69, 9.17) is 5.10 Å². The van der Waals surface area contributed by atoms with Gasteiger partial charge >= 0.3 is 0 Å². The minimum absolute atomic E-state index is 0.00961. The largest absolute Gasteiger partial charge is 0.341 e. The first-order chi connectivity index (χ1) is 15.5. The number of carbonyl (C=O) groups is 1. The SMILES string of the molecule is CN(Cc1cn(-c2ccccc2)nc1-c1ccccc1)C(=O)Cc1ccc([N+](=O)[O-])cc1. The summed E-state index contributed by atoms with van der Waals surface area (Å²) in [5.74, 6) is -0.0784. The predicted octanol–water partition coefficient (Wildman–Crippen LogP) is 4.65. The van der Waals surface area contributed by atoms with Gasteiger partial charge in [-0.2, -0.15) is 5.10 Å². The number of amides is 1.